The second kappa shape index (κ2) is 6.91. The number of methoxy groups -OCH3 is 1. The molecule has 1 aliphatic heterocycles. The second-order valence-corrected chi connectivity index (χ2v) is 5.76. The molecule has 0 aromatic heterocycles. The van der Waals surface area contributed by atoms with E-state index >= 15 is 0 Å². The molecule has 1 heterocycles. The lowest BCUT2D eigenvalue weighted by atomic mass is 9.87. The Hall–Kier alpha value is -1.59. The van der Waals surface area contributed by atoms with Crippen LogP contribution in [0.3, 0.4) is 0 Å². The smallest absolute Gasteiger partial charge is 0.236 e. The van der Waals surface area contributed by atoms with Crippen molar-refractivity contribution in [3.63, 3.8) is 0 Å². The molecule has 5 nitrogen and oxygen atoms in total. The average Bonchev–Trinajstić information content (AvgIpc) is 2.47. The zero-order valence-corrected chi connectivity index (χ0v) is 13.0. The summed E-state index contributed by atoms with van der Waals surface area (Å²) in [6.45, 7) is 1.74. The molecule has 0 aliphatic carbocycles. The summed E-state index contributed by atoms with van der Waals surface area (Å²) in [7, 11) is 5.15. The molecule has 21 heavy (non-hydrogen) atoms. The highest BCUT2D eigenvalue weighted by Crippen LogP contribution is 2.29. The molecule has 1 aromatic carbocycles. The van der Waals surface area contributed by atoms with Gasteiger partial charge < -0.3 is 14.7 Å². The molecule has 1 saturated heterocycles. The van der Waals surface area contributed by atoms with Crippen molar-refractivity contribution in [2.24, 2.45) is 0 Å². The minimum Gasteiger partial charge on any atom is -0.497 e. The first-order valence-electron chi connectivity index (χ1n) is 7.25. The molecule has 0 bridgehead atoms. The zero-order valence-electron chi connectivity index (χ0n) is 13.0. The Kier molecular flexibility index (Phi) is 5.20. The fraction of sp³-hybridized carbons (Fsp3) is 0.562. The number of likely N-dealkylation sites (N-methyl/N-ethyl adjacent to an activating group) is 1. The monoisotopic (exact) mass is 292 g/mol. The highest BCUT2D eigenvalue weighted by Gasteiger charge is 2.29. The van der Waals surface area contributed by atoms with Gasteiger partial charge in [0.05, 0.1) is 19.8 Å². The number of ether oxygens (including phenoxy) is 1. The number of hydrogen-bond donors (Lipinski definition) is 1. The van der Waals surface area contributed by atoms with E-state index in [-0.39, 0.29) is 11.8 Å². The Morgan fingerprint density at radius 2 is 2.05 bits per heavy atom. The highest BCUT2D eigenvalue weighted by atomic mass is 16.5. The van der Waals surface area contributed by atoms with E-state index in [1.165, 1.54) is 0 Å². The number of aliphatic hydroxyl groups is 1. The number of amides is 1. The molecule has 1 aliphatic rings. The Bertz CT molecular complexity index is 473. The summed E-state index contributed by atoms with van der Waals surface area (Å²) in [6, 6.07) is 7.86. The molecule has 0 saturated carbocycles. The van der Waals surface area contributed by atoms with Crippen molar-refractivity contribution >= 4 is 5.91 Å². The largest absolute Gasteiger partial charge is 0.497 e. The summed E-state index contributed by atoms with van der Waals surface area (Å²) >= 11 is 0. The lowest BCUT2D eigenvalue weighted by Gasteiger charge is -2.36. The number of aliphatic hydroxyl groups excluding tert-OH is 1. The van der Waals surface area contributed by atoms with Gasteiger partial charge in [0.15, 0.2) is 0 Å². The SMILES string of the molecule is COc1ccc([C@@H]2CCN(CC(=O)N(C)C)C[C@H]2O)cc1. The van der Waals surface area contributed by atoms with Crippen LogP contribution in [-0.4, -0.2) is 67.8 Å². The van der Waals surface area contributed by atoms with Crippen LogP contribution in [0.1, 0.15) is 17.9 Å². The first kappa shape index (κ1) is 15.8. The Balaban J connectivity index is 1.95. The van der Waals surface area contributed by atoms with Crippen molar-refractivity contribution < 1.29 is 14.6 Å². The van der Waals surface area contributed by atoms with E-state index in [2.05, 4.69) is 0 Å². The molecule has 0 radical (unpaired) electrons. The van der Waals surface area contributed by atoms with Gasteiger partial charge in [0.1, 0.15) is 5.75 Å². The van der Waals surface area contributed by atoms with E-state index in [0.29, 0.717) is 13.1 Å². The first-order chi connectivity index (χ1) is 10.0. The number of likely N-dealkylation sites (tertiary alicyclic amines) is 1. The molecule has 1 aromatic rings. The third-order valence-electron chi connectivity index (χ3n) is 4.07. The normalized spacial score (nSPS) is 22.9. The number of β-amino-alcohol motifs (C(OH)–C–C–N with tert-alkyl or cyclic N) is 1. The topological polar surface area (TPSA) is 53.0 Å². The number of rotatable bonds is 4. The van der Waals surface area contributed by atoms with Crippen LogP contribution >= 0.6 is 0 Å². The average molecular weight is 292 g/mol. The van der Waals surface area contributed by atoms with Gasteiger partial charge in [-0.1, -0.05) is 12.1 Å². The van der Waals surface area contributed by atoms with Crippen LogP contribution in [0.2, 0.25) is 0 Å². The fourth-order valence-corrected chi connectivity index (χ4v) is 2.71. The summed E-state index contributed by atoms with van der Waals surface area (Å²) in [4.78, 5) is 15.3. The number of hydrogen-bond acceptors (Lipinski definition) is 4. The minimum atomic E-state index is -0.442. The number of carbonyl (C=O) groups excluding carboxylic acids is 1. The third-order valence-corrected chi connectivity index (χ3v) is 4.07. The molecule has 1 amide bonds. The standard InChI is InChI=1S/C16H24N2O3/c1-17(2)16(20)11-18-9-8-14(15(19)10-18)12-4-6-13(21-3)7-5-12/h4-7,14-15,19H,8-11H2,1-3H3/t14-,15+/m0/s1. The number of carbonyl (C=O) groups is 1. The molecular weight excluding hydrogens is 268 g/mol. The van der Waals surface area contributed by atoms with E-state index in [4.69, 9.17) is 4.74 Å². The zero-order chi connectivity index (χ0) is 15.4. The summed E-state index contributed by atoms with van der Waals surface area (Å²) in [6.07, 6.45) is 0.413. The molecule has 1 fully saturated rings. The predicted octanol–water partition coefficient (Wildman–Crippen LogP) is 0.934. The maximum Gasteiger partial charge on any atom is 0.236 e. The number of piperidine rings is 1. The van der Waals surface area contributed by atoms with Crippen molar-refractivity contribution in [3.05, 3.63) is 29.8 Å². The quantitative estimate of drug-likeness (QED) is 0.897. The molecule has 0 spiro atoms. The fourth-order valence-electron chi connectivity index (χ4n) is 2.71. The highest BCUT2D eigenvalue weighted by molar-refractivity contribution is 5.77. The van der Waals surface area contributed by atoms with Crippen molar-refractivity contribution in [1.82, 2.24) is 9.80 Å². The minimum absolute atomic E-state index is 0.0742. The van der Waals surface area contributed by atoms with Crippen molar-refractivity contribution in [3.8, 4) is 5.75 Å². The molecule has 5 heteroatoms. The molecule has 1 N–H and O–H groups in total. The van der Waals surface area contributed by atoms with Crippen molar-refractivity contribution in [2.75, 3.05) is 40.8 Å². The van der Waals surface area contributed by atoms with E-state index in [1.807, 2.05) is 29.2 Å². The predicted molar refractivity (Wildman–Crippen MR) is 81.5 cm³/mol. The lowest BCUT2D eigenvalue weighted by molar-refractivity contribution is -0.130. The van der Waals surface area contributed by atoms with Crippen LogP contribution in [0.4, 0.5) is 0 Å². The van der Waals surface area contributed by atoms with Crippen LogP contribution in [0, 0.1) is 0 Å². The van der Waals surface area contributed by atoms with Crippen molar-refractivity contribution in [2.45, 2.75) is 18.4 Å². The summed E-state index contributed by atoms with van der Waals surface area (Å²) in [5, 5.41) is 10.4. The summed E-state index contributed by atoms with van der Waals surface area (Å²) in [5.74, 6) is 1.02. The van der Waals surface area contributed by atoms with Gasteiger partial charge in [0.25, 0.3) is 0 Å². The van der Waals surface area contributed by atoms with Crippen LogP contribution in [0.25, 0.3) is 0 Å². The molecule has 0 unspecified atom stereocenters. The van der Waals surface area contributed by atoms with Gasteiger partial charge in [-0.2, -0.15) is 0 Å². The van der Waals surface area contributed by atoms with Crippen LogP contribution in [0.5, 0.6) is 5.75 Å². The molecule has 2 rings (SSSR count). The van der Waals surface area contributed by atoms with Crippen molar-refractivity contribution in [1.29, 1.82) is 0 Å². The summed E-state index contributed by atoms with van der Waals surface area (Å²) < 4.78 is 5.15. The number of benzene rings is 1. The molecule has 2 atom stereocenters. The van der Waals surface area contributed by atoms with E-state index in [0.717, 1.165) is 24.3 Å². The Morgan fingerprint density at radius 1 is 1.38 bits per heavy atom. The van der Waals surface area contributed by atoms with Crippen LogP contribution in [0.15, 0.2) is 24.3 Å². The Morgan fingerprint density at radius 3 is 2.57 bits per heavy atom. The van der Waals surface area contributed by atoms with E-state index in [9.17, 15) is 9.90 Å². The van der Waals surface area contributed by atoms with Crippen LogP contribution in [-0.2, 0) is 4.79 Å². The molecule has 116 valence electrons. The number of nitrogens with zero attached hydrogens (tertiary/aromatic N) is 2. The first-order valence-corrected chi connectivity index (χ1v) is 7.25. The second-order valence-electron chi connectivity index (χ2n) is 5.76. The maximum atomic E-state index is 11.7. The molecular formula is C16H24N2O3. The van der Waals surface area contributed by atoms with Gasteiger partial charge in [0.2, 0.25) is 5.91 Å². The Labute approximate surface area is 126 Å². The van der Waals surface area contributed by atoms with E-state index in [1.54, 1.807) is 26.1 Å². The van der Waals surface area contributed by atoms with Crippen LogP contribution < -0.4 is 4.74 Å². The van der Waals surface area contributed by atoms with Gasteiger partial charge in [-0.15, -0.1) is 0 Å². The summed E-state index contributed by atoms with van der Waals surface area (Å²) in [5.41, 5.74) is 1.13. The van der Waals surface area contributed by atoms with Gasteiger partial charge in [-0.05, 0) is 30.7 Å². The van der Waals surface area contributed by atoms with Gasteiger partial charge >= 0.3 is 0 Å². The lowest BCUT2D eigenvalue weighted by Crippen LogP contribution is -2.46. The van der Waals surface area contributed by atoms with Gasteiger partial charge in [-0.3, -0.25) is 9.69 Å². The third kappa shape index (κ3) is 3.95. The van der Waals surface area contributed by atoms with Gasteiger partial charge in [0, 0.05) is 26.6 Å². The maximum absolute atomic E-state index is 11.7. The van der Waals surface area contributed by atoms with Gasteiger partial charge in [-0.25, -0.2) is 0 Å². The van der Waals surface area contributed by atoms with E-state index < -0.39 is 6.10 Å².